The molecule has 0 bridgehead atoms. The number of piperidine rings is 1. The Morgan fingerprint density at radius 1 is 1.12 bits per heavy atom. The van der Waals surface area contributed by atoms with Gasteiger partial charge >= 0.3 is 0 Å². The highest BCUT2D eigenvalue weighted by atomic mass is 35.5. The van der Waals surface area contributed by atoms with Crippen LogP contribution in [0.15, 0.2) is 42.7 Å². The Morgan fingerprint density at radius 3 is 2.72 bits per heavy atom. The van der Waals surface area contributed by atoms with Gasteiger partial charge in [-0.25, -0.2) is 19.9 Å². The molecule has 0 radical (unpaired) electrons. The maximum absolute atomic E-state index is 13.7. The van der Waals surface area contributed by atoms with Gasteiger partial charge in [0.05, 0.1) is 11.6 Å². The summed E-state index contributed by atoms with van der Waals surface area (Å²) < 4.78 is 5.91. The minimum atomic E-state index is -0.132. The van der Waals surface area contributed by atoms with E-state index in [1.54, 1.807) is 30.6 Å². The van der Waals surface area contributed by atoms with Crippen LogP contribution in [-0.4, -0.2) is 49.9 Å². The number of carbonyl (C=O) groups is 1. The first-order valence-corrected chi connectivity index (χ1v) is 11.3. The van der Waals surface area contributed by atoms with Gasteiger partial charge in [-0.3, -0.25) is 4.79 Å². The van der Waals surface area contributed by atoms with E-state index in [0.717, 1.165) is 18.5 Å². The third-order valence-electron chi connectivity index (χ3n) is 5.98. The van der Waals surface area contributed by atoms with Crippen LogP contribution in [-0.2, 0) is 0 Å². The lowest BCUT2D eigenvalue weighted by Gasteiger charge is -2.35. The quantitative estimate of drug-likeness (QED) is 0.512. The number of hydrogen-bond donors (Lipinski definition) is 0. The average Bonchev–Trinajstić information content (AvgIpc) is 3.55. The second kappa shape index (κ2) is 8.64. The number of hydrogen-bond acceptors (Lipinski definition) is 6. The summed E-state index contributed by atoms with van der Waals surface area (Å²) in [4.78, 5) is 33.0. The molecule has 0 spiro atoms. The van der Waals surface area contributed by atoms with Gasteiger partial charge in [0.1, 0.15) is 17.5 Å². The molecule has 9 heteroatoms. The van der Waals surface area contributed by atoms with Crippen molar-refractivity contribution in [1.29, 1.82) is 0 Å². The van der Waals surface area contributed by atoms with Crippen molar-refractivity contribution in [3.05, 3.63) is 64.3 Å². The Kier molecular flexibility index (Phi) is 5.69. The van der Waals surface area contributed by atoms with Crippen LogP contribution in [0.25, 0.3) is 11.4 Å². The molecule has 1 saturated heterocycles. The zero-order valence-corrected chi connectivity index (χ0v) is 18.9. The van der Waals surface area contributed by atoms with E-state index in [4.69, 9.17) is 27.9 Å². The molecule has 3 atom stereocenters. The molecule has 1 saturated carbocycles. The summed E-state index contributed by atoms with van der Waals surface area (Å²) in [5.41, 5.74) is 1.76. The highest BCUT2D eigenvalue weighted by Crippen LogP contribution is 2.47. The van der Waals surface area contributed by atoms with E-state index < -0.39 is 0 Å². The van der Waals surface area contributed by atoms with Gasteiger partial charge in [0.15, 0.2) is 5.82 Å². The lowest BCUT2D eigenvalue weighted by atomic mass is 10.0. The molecule has 2 fully saturated rings. The number of rotatable bonds is 5. The summed E-state index contributed by atoms with van der Waals surface area (Å²) in [5.74, 6) is 1.86. The number of pyridine rings is 2. The number of amides is 1. The van der Waals surface area contributed by atoms with Crippen LogP contribution in [0.4, 0.5) is 0 Å². The van der Waals surface area contributed by atoms with Crippen LogP contribution >= 0.6 is 23.2 Å². The van der Waals surface area contributed by atoms with Gasteiger partial charge in [-0.05, 0) is 55.9 Å². The first-order valence-electron chi connectivity index (χ1n) is 10.5. The van der Waals surface area contributed by atoms with E-state index >= 15 is 0 Å². The number of aromatic nitrogens is 4. The Labute approximate surface area is 195 Å². The van der Waals surface area contributed by atoms with Crippen molar-refractivity contribution in [2.24, 2.45) is 11.8 Å². The van der Waals surface area contributed by atoms with E-state index in [0.29, 0.717) is 53.0 Å². The number of nitrogens with zero attached hydrogens (tertiary/aromatic N) is 5. The zero-order chi connectivity index (χ0) is 22.2. The maximum atomic E-state index is 13.7. The van der Waals surface area contributed by atoms with Crippen molar-refractivity contribution >= 4 is 29.1 Å². The number of carbonyl (C=O) groups excluding carboxylic acids is 1. The number of halogens is 2. The fraction of sp³-hybridized carbons (Fsp3) is 0.348. The van der Waals surface area contributed by atoms with E-state index in [-0.39, 0.29) is 17.1 Å². The molecular formula is C23H21Cl2N5O2. The van der Waals surface area contributed by atoms with Crippen LogP contribution in [0, 0.1) is 18.8 Å². The Hall–Kier alpha value is -2.77. The number of fused-ring (bicyclic) bond motifs is 1. The molecule has 0 N–H and O–H groups in total. The van der Waals surface area contributed by atoms with Gasteiger partial charge in [-0.1, -0.05) is 23.2 Å². The molecule has 164 valence electrons. The number of aryl methyl sites for hydroxylation is 1. The normalized spacial score (nSPS) is 21.7. The summed E-state index contributed by atoms with van der Waals surface area (Å²) in [7, 11) is 0. The predicted octanol–water partition coefficient (Wildman–Crippen LogP) is 4.48. The SMILES string of the molecule is Cc1ccc(-c2ncccn2)c(C(=O)N2C[C@@H]3C[C@H]3C[C@H]2COc2cc(Cl)cc(Cl)n2)n1. The van der Waals surface area contributed by atoms with Gasteiger partial charge in [-0.15, -0.1) is 0 Å². The van der Waals surface area contributed by atoms with E-state index in [1.807, 2.05) is 24.0 Å². The molecule has 1 amide bonds. The summed E-state index contributed by atoms with van der Waals surface area (Å²) >= 11 is 12.1. The summed E-state index contributed by atoms with van der Waals surface area (Å²) in [6.45, 7) is 2.86. The first-order chi connectivity index (χ1) is 15.5. The first kappa shape index (κ1) is 21.1. The molecule has 1 aliphatic heterocycles. The smallest absolute Gasteiger partial charge is 0.273 e. The van der Waals surface area contributed by atoms with Gasteiger partial charge < -0.3 is 9.64 Å². The zero-order valence-electron chi connectivity index (χ0n) is 17.4. The lowest BCUT2D eigenvalue weighted by molar-refractivity contribution is 0.0503. The van der Waals surface area contributed by atoms with Crippen molar-refractivity contribution in [3.8, 4) is 17.3 Å². The number of ether oxygens (including phenoxy) is 1. The van der Waals surface area contributed by atoms with Gasteiger partial charge in [0.2, 0.25) is 5.88 Å². The maximum Gasteiger partial charge on any atom is 0.273 e. The fourth-order valence-corrected chi connectivity index (χ4v) is 4.73. The third-order valence-corrected chi connectivity index (χ3v) is 6.39. The highest BCUT2D eigenvalue weighted by molar-refractivity contribution is 6.34. The molecule has 3 aromatic rings. The second-order valence-electron chi connectivity index (χ2n) is 8.28. The van der Waals surface area contributed by atoms with E-state index in [1.165, 1.54) is 0 Å². The Morgan fingerprint density at radius 2 is 1.94 bits per heavy atom. The topological polar surface area (TPSA) is 81.1 Å². The minimum absolute atomic E-state index is 0.0994. The molecule has 7 nitrogen and oxygen atoms in total. The molecule has 4 heterocycles. The van der Waals surface area contributed by atoms with Crippen LogP contribution in [0.3, 0.4) is 0 Å². The summed E-state index contributed by atoms with van der Waals surface area (Å²) in [6.07, 6.45) is 5.34. The van der Waals surface area contributed by atoms with Crippen molar-refractivity contribution < 1.29 is 9.53 Å². The Bertz CT molecular complexity index is 1140. The molecule has 2 aliphatic rings. The predicted molar refractivity (Wildman–Crippen MR) is 121 cm³/mol. The van der Waals surface area contributed by atoms with Crippen molar-refractivity contribution in [1.82, 2.24) is 24.8 Å². The molecule has 3 aromatic heterocycles. The van der Waals surface area contributed by atoms with Crippen LogP contribution in [0.2, 0.25) is 10.2 Å². The summed E-state index contributed by atoms with van der Waals surface area (Å²) in [6, 6.07) is 8.54. The van der Waals surface area contributed by atoms with Crippen LogP contribution < -0.4 is 4.74 Å². The molecule has 32 heavy (non-hydrogen) atoms. The molecule has 0 unspecified atom stereocenters. The Balaban J connectivity index is 1.42. The molecule has 1 aliphatic carbocycles. The largest absolute Gasteiger partial charge is 0.475 e. The van der Waals surface area contributed by atoms with Gasteiger partial charge in [0.25, 0.3) is 5.91 Å². The molecular weight excluding hydrogens is 449 g/mol. The average molecular weight is 470 g/mol. The van der Waals surface area contributed by atoms with Crippen molar-refractivity contribution in [2.75, 3.05) is 13.2 Å². The lowest BCUT2D eigenvalue weighted by Crippen LogP contribution is -2.48. The molecule has 5 rings (SSSR count). The van der Waals surface area contributed by atoms with Crippen molar-refractivity contribution in [2.45, 2.75) is 25.8 Å². The van der Waals surface area contributed by atoms with Crippen molar-refractivity contribution in [3.63, 3.8) is 0 Å². The fourth-order valence-electron chi connectivity index (χ4n) is 4.28. The number of likely N-dealkylation sites (tertiary alicyclic amines) is 1. The van der Waals surface area contributed by atoms with E-state index in [2.05, 4.69) is 19.9 Å². The second-order valence-corrected chi connectivity index (χ2v) is 9.11. The monoisotopic (exact) mass is 469 g/mol. The standard InChI is InChI=1S/C23H21Cl2N5O2/c1-13-3-4-18(22-26-5-2-6-27-22)21(28-13)23(31)30-11-15-7-14(15)8-17(30)12-32-20-10-16(24)9-19(25)29-20/h2-6,9-10,14-15,17H,7-8,11-12H2,1H3/t14-,15-,17-/m0/s1. The summed E-state index contributed by atoms with van der Waals surface area (Å²) in [5, 5.41) is 0.720. The van der Waals surface area contributed by atoms with Crippen LogP contribution in [0.1, 0.15) is 29.0 Å². The minimum Gasteiger partial charge on any atom is -0.475 e. The highest BCUT2D eigenvalue weighted by Gasteiger charge is 2.47. The van der Waals surface area contributed by atoms with Crippen LogP contribution in [0.5, 0.6) is 5.88 Å². The molecule has 0 aromatic carbocycles. The van der Waals surface area contributed by atoms with Gasteiger partial charge in [0, 0.05) is 35.7 Å². The van der Waals surface area contributed by atoms with Gasteiger partial charge in [-0.2, -0.15) is 0 Å². The third kappa shape index (κ3) is 4.40. The van der Waals surface area contributed by atoms with E-state index in [9.17, 15) is 4.79 Å².